The van der Waals surface area contributed by atoms with Crippen molar-refractivity contribution < 1.29 is 17.9 Å². The van der Waals surface area contributed by atoms with Crippen molar-refractivity contribution in [1.29, 1.82) is 0 Å². The van der Waals surface area contributed by atoms with E-state index in [-0.39, 0.29) is 21.4 Å². The molecule has 1 fully saturated rings. The number of likely N-dealkylation sites (tertiary alicyclic amines) is 1. The zero-order chi connectivity index (χ0) is 23.3. The van der Waals surface area contributed by atoms with E-state index in [1.165, 1.54) is 37.9 Å². The Balaban J connectivity index is 1.52. The first-order valence-corrected chi connectivity index (χ1v) is 12.4. The second kappa shape index (κ2) is 10.7. The zero-order valence-corrected chi connectivity index (χ0v) is 20.2. The Bertz CT molecular complexity index is 1030. The average Bonchev–Trinajstić information content (AvgIpc) is 2.79. The molecule has 7 nitrogen and oxygen atoms in total. The largest absolute Gasteiger partial charge is 0.497 e. The van der Waals surface area contributed by atoms with Crippen molar-refractivity contribution >= 4 is 27.5 Å². The average molecular weight is 480 g/mol. The summed E-state index contributed by atoms with van der Waals surface area (Å²) in [6.45, 7) is 3.36. The van der Waals surface area contributed by atoms with Crippen LogP contribution in [0, 0.1) is 5.92 Å². The van der Waals surface area contributed by atoms with Crippen LogP contribution in [0.4, 0.5) is 0 Å². The van der Waals surface area contributed by atoms with Crippen molar-refractivity contribution in [2.45, 2.75) is 24.3 Å². The molecule has 3 rings (SSSR count). The predicted molar refractivity (Wildman–Crippen MR) is 126 cm³/mol. The number of methoxy groups -OCH3 is 1. The molecule has 0 bridgehead atoms. The number of carbonyl (C=O) groups is 1. The fraction of sp³-hybridized carbons (Fsp3) is 0.435. The number of nitrogens with one attached hydrogen (secondary N) is 1. The van der Waals surface area contributed by atoms with E-state index >= 15 is 0 Å². The van der Waals surface area contributed by atoms with Crippen LogP contribution in [0.1, 0.15) is 28.8 Å². The van der Waals surface area contributed by atoms with Crippen LogP contribution in [-0.4, -0.2) is 64.4 Å². The highest BCUT2D eigenvalue weighted by atomic mass is 35.5. The first-order valence-electron chi connectivity index (χ1n) is 10.6. The van der Waals surface area contributed by atoms with Crippen molar-refractivity contribution in [3.8, 4) is 5.75 Å². The number of piperidine rings is 1. The fourth-order valence-corrected chi connectivity index (χ4v) is 4.85. The van der Waals surface area contributed by atoms with E-state index in [4.69, 9.17) is 16.3 Å². The molecule has 0 aromatic heterocycles. The van der Waals surface area contributed by atoms with Gasteiger partial charge in [-0.1, -0.05) is 23.7 Å². The standard InChI is InChI=1S/C23H30ClN3O4S/c1-26(2)32(29,30)20-8-9-22(24)21(14-20)23(28)25-15-17-10-12-27(13-11-17)16-18-4-6-19(31-3)7-5-18/h4-9,14,17H,10-13,15-16H2,1-3H3,(H,25,28). The van der Waals surface area contributed by atoms with Gasteiger partial charge in [-0.3, -0.25) is 9.69 Å². The summed E-state index contributed by atoms with van der Waals surface area (Å²) in [5, 5.41) is 3.16. The Hall–Kier alpha value is -2.13. The highest BCUT2D eigenvalue weighted by Crippen LogP contribution is 2.23. The molecular formula is C23H30ClN3O4S. The van der Waals surface area contributed by atoms with Crippen molar-refractivity contribution in [2.75, 3.05) is 40.8 Å². The molecule has 0 saturated carbocycles. The topological polar surface area (TPSA) is 79.0 Å². The van der Waals surface area contributed by atoms with Gasteiger partial charge in [0, 0.05) is 27.2 Å². The minimum absolute atomic E-state index is 0.0453. The SMILES string of the molecule is COc1ccc(CN2CCC(CNC(=O)c3cc(S(=O)(=O)N(C)C)ccc3Cl)CC2)cc1. The molecule has 0 radical (unpaired) electrons. The molecule has 0 spiro atoms. The van der Waals surface area contributed by atoms with E-state index in [0.717, 1.165) is 42.5 Å². The van der Waals surface area contributed by atoms with E-state index in [9.17, 15) is 13.2 Å². The number of amides is 1. The van der Waals surface area contributed by atoms with E-state index < -0.39 is 10.0 Å². The van der Waals surface area contributed by atoms with Crippen LogP contribution in [0.25, 0.3) is 0 Å². The number of sulfonamides is 1. The van der Waals surface area contributed by atoms with Crippen LogP contribution in [-0.2, 0) is 16.6 Å². The van der Waals surface area contributed by atoms with Gasteiger partial charge in [0.2, 0.25) is 10.0 Å². The molecule has 2 aromatic rings. The summed E-state index contributed by atoms with van der Waals surface area (Å²) in [6.07, 6.45) is 1.97. The second-order valence-electron chi connectivity index (χ2n) is 8.21. The maximum Gasteiger partial charge on any atom is 0.252 e. The summed E-state index contributed by atoms with van der Waals surface area (Å²) < 4.78 is 31.0. The fourth-order valence-electron chi connectivity index (χ4n) is 3.72. The first kappa shape index (κ1) is 24.5. The second-order valence-corrected chi connectivity index (χ2v) is 10.8. The minimum Gasteiger partial charge on any atom is -0.497 e. The van der Waals surface area contributed by atoms with Crippen LogP contribution < -0.4 is 10.1 Å². The normalized spacial score (nSPS) is 15.7. The van der Waals surface area contributed by atoms with Gasteiger partial charge in [0.25, 0.3) is 5.91 Å². The number of hydrogen-bond donors (Lipinski definition) is 1. The van der Waals surface area contributed by atoms with Gasteiger partial charge in [-0.05, 0) is 67.7 Å². The Morgan fingerprint density at radius 3 is 2.41 bits per heavy atom. The molecule has 1 amide bonds. The number of benzene rings is 2. The third-order valence-electron chi connectivity index (χ3n) is 5.78. The van der Waals surface area contributed by atoms with Gasteiger partial charge >= 0.3 is 0 Å². The number of halogens is 1. The van der Waals surface area contributed by atoms with Gasteiger partial charge in [-0.2, -0.15) is 0 Å². The van der Waals surface area contributed by atoms with Gasteiger partial charge in [0.1, 0.15) is 5.75 Å². The lowest BCUT2D eigenvalue weighted by atomic mass is 9.96. The molecule has 2 aromatic carbocycles. The lowest BCUT2D eigenvalue weighted by molar-refractivity contribution is 0.0935. The van der Waals surface area contributed by atoms with Gasteiger partial charge in [-0.25, -0.2) is 12.7 Å². The maximum absolute atomic E-state index is 12.7. The lowest BCUT2D eigenvalue weighted by Crippen LogP contribution is -2.38. The number of nitrogens with zero attached hydrogens (tertiary/aromatic N) is 2. The highest BCUT2D eigenvalue weighted by molar-refractivity contribution is 7.89. The van der Waals surface area contributed by atoms with E-state index in [0.29, 0.717) is 12.5 Å². The summed E-state index contributed by atoms with van der Waals surface area (Å²) in [7, 11) is 0.921. The molecular weight excluding hydrogens is 450 g/mol. The zero-order valence-electron chi connectivity index (χ0n) is 18.7. The van der Waals surface area contributed by atoms with Crippen LogP contribution in [0.15, 0.2) is 47.4 Å². The van der Waals surface area contributed by atoms with Crippen molar-refractivity contribution in [1.82, 2.24) is 14.5 Å². The molecule has 0 unspecified atom stereocenters. The van der Waals surface area contributed by atoms with Gasteiger partial charge < -0.3 is 10.1 Å². The molecule has 0 aliphatic carbocycles. The Morgan fingerprint density at radius 1 is 1.16 bits per heavy atom. The molecule has 1 aliphatic rings. The summed E-state index contributed by atoms with van der Waals surface area (Å²) in [4.78, 5) is 15.1. The maximum atomic E-state index is 12.7. The molecule has 32 heavy (non-hydrogen) atoms. The summed E-state index contributed by atoms with van der Waals surface area (Å²) in [5.74, 6) is 0.873. The van der Waals surface area contributed by atoms with Crippen LogP contribution in [0.2, 0.25) is 5.02 Å². The summed E-state index contributed by atoms with van der Waals surface area (Å²) >= 11 is 6.17. The molecule has 1 N–H and O–H groups in total. The van der Waals surface area contributed by atoms with Crippen molar-refractivity contribution in [3.05, 3.63) is 58.6 Å². The van der Waals surface area contributed by atoms with Crippen molar-refractivity contribution in [2.24, 2.45) is 5.92 Å². The third kappa shape index (κ3) is 6.01. The smallest absolute Gasteiger partial charge is 0.252 e. The van der Waals surface area contributed by atoms with E-state index in [1.54, 1.807) is 7.11 Å². The lowest BCUT2D eigenvalue weighted by Gasteiger charge is -2.32. The minimum atomic E-state index is -3.64. The number of rotatable bonds is 8. The molecule has 1 aliphatic heterocycles. The molecule has 1 heterocycles. The Labute approximate surface area is 195 Å². The third-order valence-corrected chi connectivity index (χ3v) is 7.93. The number of carbonyl (C=O) groups excluding carboxylic acids is 1. The molecule has 0 atom stereocenters. The summed E-state index contributed by atoms with van der Waals surface area (Å²) in [5.41, 5.74) is 1.42. The highest BCUT2D eigenvalue weighted by Gasteiger charge is 2.23. The van der Waals surface area contributed by atoms with E-state index in [2.05, 4.69) is 22.3 Å². The van der Waals surface area contributed by atoms with Crippen LogP contribution in [0.3, 0.4) is 0 Å². The number of ether oxygens (including phenoxy) is 1. The molecule has 174 valence electrons. The quantitative estimate of drug-likeness (QED) is 0.628. The van der Waals surface area contributed by atoms with Gasteiger partial charge in [-0.15, -0.1) is 0 Å². The first-order chi connectivity index (χ1) is 15.2. The Morgan fingerprint density at radius 2 is 1.81 bits per heavy atom. The van der Waals surface area contributed by atoms with Crippen LogP contribution in [0.5, 0.6) is 5.75 Å². The predicted octanol–water partition coefficient (Wildman–Crippen LogP) is 3.24. The molecule has 9 heteroatoms. The van der Waals surface area contributed by atoms with Crippen LogP contribution >= 0.6 is 11.6 Å². The monoisotopic (exact) mass is 479 g/mol. The van der Waals surface area contributed by atoms with Gasteiger partial charge in [0.15, 0.2) is 0 Å². The van der Waals surface area contributed by atoms with E-state index in [1.807, 2.05) is 12.1 Å². The Kier molecular flexibility index (Phi) is 8.16. The molecule has 1 saturated heterocycles. The van der Waals surface area contributed by atoms with Gasteiger partial charge in [0.05, 0.1) is 22.6 Å². The number of hydrogen-bond acceptors (Lipinski definition) is 5. The van der Waals surface area contributed by atoms with Crippen molar-refractivity contribution in [3.63, 3.8) is 0 Å². The summed E-state index contributed by atoms with van der Waals surface area (Å²) in [6, 6.07) is 12.3.